The zero-order chi connectivity index (χ0) is 16.4. The molecular formula is C20H39N3. The van der Waals surface area contributed by atoms with Crippen molar-refractivity contribution in [2.24, 2.45) is 0 Å². The third-order valence-corrected chi connectivity index (χ3v) is 4.71. The molecule has 0 aliphatic rings. The maximum absolute atomic E-state index is 4.13. The van der Waals surface area contributed by atoms with Crippen molar-refractivity contribution in [3.63, 3.8) is 0 Å². The van der Waals surface area contributed by atoms with E-state index in [4.69, 9.17) is 0 Å². The van der Waals surface area contributed by atoms with Crippen LogP contribution in [-0.2, 0) is 6.54 Å². The lowest BCUT2D eigenvalue weighted by atomic mass is 10.0. The first-order valence-electron chi connectivity index (χ1n) is 10.3. The molecule has 1 aromatic rings. The molecule has 1 rings (SSSR count). The largest absolute Gasteiger partial charge is 0.253 e. The van der Waals surface area contributed by atoms with E-state index in [1.807, 2.05) is 11.0 Å². The second-order valence-electron chi connectivity index (χ2n) is 6.96. The van der Waals surface area contributed by atoms with Crippen LogP contribution in [0.5, 0.6) is 0 Å². The van der Waals surface area contributed by atoms with Gasteiger partial charge in [-0.05, 0) is 6.42 Å². The highest BCUT2D eigenvalue weighted by Crippen LogP contribution is 2.13. The van der Waals surface area contributed by atoms with Crippen LogP contribution in [0.25, 0.3) is 0 Å². The van der Waals surface area contributed by atoms with Gasteiger partial charge in [0.25, 0.3) is 0 Å². The lowest BCUT2D eigenvalue weighted by molar-refractivity contribution is 0.509. The van der Waals surface area contributed by atoms with E-state index in [0.29, 0.717) is 0 Å². The van der Waals surface area contributed by atoms with Crippen molar-refractivity contribution in [1.82, 2.24) is 14.8 Å². The molecule has 1 aromatic heterocycles. The smallest absolute Gasteiger partial charge is 0.137 e. The molecule has 0 atom stereocenters. The molecular weight excluding hydrogens is 282 g/mol. The minimum absolute atomic E-state index is 1.03. The SMILES string of the molecule is CCCCCCCCCCCCCCCCCCn1cncn1. The standard InChI is InChI=1S/C20H39N3/c1-2-3-4-5-6-7-8-9-10-11-12-13-14-15-16-17-18-23-20-21-19-22-23/h19-20H,2-18H2,1H3. The fourth-order valence-corrected chi connectivity index (χ4v) is 3.17. The number of hydrogen-bond donors (Lipinski definition) is 0. The average Bonchev–Trinajstić information content (AvgIpc) is 3.08. The van der Waals surface area contributed by atoms with Gasteiger partial charge in [0.2, 0.25) is 0 Å². The quantitative estimate of drug-likeness (QED) is 0.305. The fourth-order valence-electron chi connectivity index (χ4n) is 3.17. The van der Waals surface area contributed by atoms with Crippen LogP contribution in [-0.4, -0.2) is 14.8 Å². The number of nitrogens with zero attached hydrogens (tertiary/aromatic N) is 3. The molecule has 0 saturated carbocycles. The first kappa shape index (κ1) is 20.2. The Morgan fingerprint density at radius 1 is 0.609 bits per heavy atom. The Hall–Kier alpha value is -0.860. The van der Waals surface area contributed by atoms with Crippen LogP contribution in [0.3, 0.4) is 0 Å². The van der Waals surface area contributed by atoms with E-state index in [-0.39, 0.29) is 0 Å². The van der Waals surface area contributed by atoms with Gasteiger partial charge in [-0.1, -0.05) is 103 Å². The van der Waals surface area contributed by atoms with Crippen molar-refractivity contribution in [1.29, 1.82) is 0 Å². The van der Waals surface area contributed by atoms with Gasteiger partial charge in [0.05, 0.1) is 0 Å². The van der Waals surface area contributed by atoms with Crippen LogP contribution in [0.2, 0.25) is 0 Å². The summed E-state index contributed by atoms with van der Waals surface area (Å²) in [7, 11) is 0. The predicted octanol–water partition coefficient (Wildman–Crippen LogP) is 6.54. The van der Waals surface area contributed by atoms with E-state index < -0.39 is 0 Å². The van der Waals surface area contributed by atoms with E-state index in [2.05, 4.69) is 17.0 Å². The molecule has 0 fully saturated rings. The van der Waals surface area contributed by atoms with Crippen LogP contribution >= 0.6 is 0 Å². The lowest BCUT2D eigenvalue weighted by Crippen LogP contribution is -1.97. The Morgan fingerprint density at radius 2 is 1.04 bits per heavy atom. The molecule has 0 aliphatic heterocycles. The van der Waals surface area contributed by atoms with E-state index in [1.54, 1.807) is 6.33 Å². The third-order valence-electron chi connectivity index (χ3n) is 4.71. The van der Waals surface area contributed by atoms with Gasteiger partial charge in [0, 0.05) is 6.54 Å². The van der Waals surface area contributed by atoms with Gasteiger partial charge < -0.3 is 0 Å². The third kappa shape index (κ3) is 13.3. The monoisotopic (exact) mass is 321 g/mol. The fraction of sp³-hybridized carbons (Fsp3) is 0.900. The Kier molecular flexibility index (Phi) is 14.1. The summed E-state index contributed by atoms with van der Waals surface area (Å²) >= 11 is 0. The topological polar surface area (TPSA) is 30.7 Å². The van der Waals surface area contributed by atoms with Crippen molar-refractivity contribution < 1.29 is 0 Å². The molecule has 0 N–H and O–H groups in total. The highest BCUT2D eigenvalue weighted by molar-refractivity contribution is 4.56. The van der Waals surface area contributed by atoms with Crippen LogP contribution < -0.4 is 0 Å². The molecule has 3 heteroatoms. The second kappa shape index (κ2) is 16.0. The predicted molar refractivity (Wildman–Crippen MR) is 99.6 cm³/mol. The molecule has 0 spiro atoms. The summed E-state index contributed by atoms with van der Waals surface area (Å²) in [6, 6.07) is 0. The van der Waals surface area contributed by atoms with Crippen molar-refractivity contribution >= 4 is 0 Å². The Labute approximate surface area is 144 Å². The van der Waals surface area contributed by atoms with Gasteiger partial charge in [-0.25, -0.2) is 4.98 Å². The zero-order valence-electron chi connectivity index (χ0n) is 15.5. The Bertz CT molecular complexity index is 322. The molecule has 3 nitrogen and oxygen atoms in total. The van der Waals surface area contributed by atoms with E-state index >= 15 is 0 Å². The van der Waals surface area contributed by atoms with Crippen molar-refractivity contribution in [2.75, 3.05) is 0 Å². The number of aryl methyl sites for hydroxylation is 1. The van der Waals surface area contributed by atoms with E-state index in [9.17, 15) is 0 Å². The van der Waals surface area contributed by atoms with Gasteiger partial charge in [-0.3, -0.25) is 4.68 Å². The maximum Gasteiger partial charge on any atom is 0.137 e. The van der Waals surface area contributed by atoms with E-state index in [1.165, 1.54) is 103 Å². The zero-order valence-corrected chi connectivity index (χ0v) is 15.5. The van der Waals surface area contributed by atoms with Crippen LogP contribution in [0.4, 0.5) is 0 Å². The van der Waals surface area contributed by atoms with Crippen LogP contribution in [0, 0.1) is 0 Å². The normalized spacial score (nSPS) is 11.2. The summed E-state index contributed by atoms with van der Waals surface area (Å²) in [5.41, 5.74) is 0. The van der Waals surface area contributed by atoms with E-state index in [0.717, 1.165) is 6.54 Å². The summed E-state index contributed by atoms with van der Waals surface area (Å²) in [5.74, 6) is 0. The molecule has 0 saturated heterocycles. The van der Waals surface area contributed by atoms with Crippen molar-refractivity contribution in [3.05, 3.63) is 12.7 Å². The van der Waals surface area contributed by atoms with Crippen LogP contribution in [0.15, 0.2) is 12.7 Å². The second-order valence-corrected chi connectivity index (χ2v) is 6.96. The van der Waals surface area contributed by atoms with Crippen molar-refractivity contribution in [3.8, 4) is 0 Å². The number of unbranched alkanes of at least 4 members (excludes halogenated alkanes) is 15. The lowest BCUT2D eigenvalue weighted by Gasteiger charge is -2.03. The molecule has 0 aliphatic carbocycles. The molecule has 134 valence electrons. The summed E-state index contributed by atoms with van der Waals surface area (Å²) in [6.07, 6.45) is 26.2. The number of hydrogen-bond acceptors (Lipinski definition) is 2. The molecule has 0 aromatic carbocycles. The molecule has 23 heavy (non-hydrogen) atoms. The van der Waals surface area contributed by atoms with Crippen LogP contribution in [0.1, 0.15) is 110 Å². The summed E-state index contributed by atoms with van der Waals surface area (Å²) in [4.78, 5) is 3.97. The van der Waals surface area contributed by atoms with Gasteiger partial charge >= 0.3 is 0 Å². The number of aromatic nitrogens is 3. The summed E-state index contributed by atoms with van der Waals surface area (Å²) in [5, 5.41) is 4.13. The minimum atomic E-state index is 1.03. The average molecular weight is 322 g/mol. The van der Waals surface area contributed by atoms with Gasteiger partial charge in [0.15, 0.2) is 0 Å². The number of rotatable bonds is 17. The minimum Gasteiger partial charge on any atom is -0.253 e. The molecule has 0 radical (unpaired) electrons. The molecule has 1 heterocycles. The maximum atomic E-state index is 4.13. The first-order chi connectivity index (χ1) is 11.4. The summed E-state index contributed by atoms with van der Waals surface area (Å²) < 4.78 is 1.93. The Balaban J connectivity index is 1.67. The van der Waals surface area contributed by atoms with Gasteiger partial charge in [-0.15, -0.1) is 0 Å². The molecule has 0 unspecified atom stereocenters. The van der Waals surface area contributed by atoms with Gasteiger partial charge in [-0.2, -0.15) is 5.10 Å². The first-order valence-corrected chi connectivity index (χ1v) is 10.3. The highest BCUT2D eigenvalue weighted by Gasteiger charge is 1.95. The molecule has 0 amide bonds. The Morgan fingerprint density at radius 3 is 1.43 bits per heavy atom. The highest BCUT2D eigenvalue weighted by atomic mass is 15.3. The van der Waals surface area contributed by atoms with Crippen molar-refractivity contribution in [2.45, 2.75) is 116 Å². The van der Waals surface area contributed by atoms with Gasteiger partial charge in [0.1, 0.15) is 12.7 Å². The molecule has 0 bridgehead atoms. The summed E-state index contributed by atoms with van der Waals surface area (Å²) in [6.45, 7) is 3.32.